The molecule has 0 saturated carbocycles. The predicted octanol–water partition coefficient (Wildman–Crippen LogP) is 3.06. The lowest BCUT2D eigenvalue weighted by Gasteiger charge is -2.08. The van der Waals surface area contributed by atoms with Crippen LogP contribution in [0.2, 0.25) is 0 Å². The van der Waals surface area contributed by atoms with Gasteiger partial charge in [-0.05, 0) is 24.3 Å². The van der Waals surface area contributed by atoms with E-state index in [1.54, 1.807) is 0 Å². The van der Waals surface area contributed by atoms with E-state index in [1.165, 1.54) is 6.07 Å². The second-order valence-corrected chi connectivity index (χ2v) is 4.21. The van der Waals surface area contributed by atoms with Crippen molar-refractivity contribution in [2.75, 3.05) is 0 Å². The van der Waals surface area contributed by atoms with Crippen LogP contribution in [-0.2, 0) is 19.3 Å². The Bertz CT molecular complexity index is 590. The summed E-state index contributed by atoms with van der Waals surface area (Å²) >= 11 is 0. The van der Waals surface area contributed by atoms with Crippen LogP contribution in [0.25, 0.3) is 0 Å². The van der Waals surface area contributed by atoms with Crippen LogP contribution < -0.4 is 5.32 Å². The summed E-state index contributed by atoms with van der Waals surface area (Å²) in [6.07, 6.45) is -4.55. The van der Waals surface area contributed by atoms with Crippen LogP contribution in [-0.4, -0.2) is 10.2 Å². The second kappa shape index (κ2) is 6.13. The number of hydrogen-bond acceptors (Lipinski definition) is 3. The average molecular weight is 303 g/mol. The average Bonchev–Trinajstić information content (AvgIpc) is 2.42. The molecule has 1 heterocycles. The van der Waals surface area contributed by atoms with Gasteiger partial charge in [-0.25, -0.2) is 8.78 Å². The van der Waals surface area contributed by atoms with E-state index in [0.717, 1.165) is 24.3 Å². The lowest BCUT2D eigenvalue weighted by molar-refractivity contribution is -0.141. The molecule has 0 fully saturated rings. The van der Waals surface area contributed by atoms with Gasteiger partial charge in [0.1, 0.15) is 11.6 Å². The third kappa shape index (κ3) is 3.94. The Labute approximate surface area is 116 Å². The highest BCUT2D eigenvalue weighted by Gasteiger charge is 2.32. The van der Waals surface area contributed by atoms with Crippen LogP contribution in [0.1, 0.15) is 17.0 Å². The summed E-state index contributed by atoms with van der Waals surface area (Å²) in [6.45, 7) is -0.0693. The molecule has 0 aliphatic rings. The van der Waals surface area contributed by atoms with Crippen molar-refractivity contribution in [3.63, 3.8) is 0 Å². The lowest BCUT2D eigenvalue weighted by Crippen LogP contribution is -2.17. The third-order valence-corrected chi connectivity index (χ3v) is 2.68. The van der Waals surface area contributed by atoms with Crippen LogP contribution in [0.15, 0.2) is 30.3 Å². The fourth-order valence-electron chi connectivity index (χ4n) is 1.62. The summed E-state index contributed by atoms with van der Waals surface area (Å²) < 4.78 is 63.5. The van der Waals surface area contributed by atoms with Crippen LogP contribution in [0.5, 0.6) is 0 Å². The molecule has 0 spiro atoms. The zero-order chi connectivity index (χ0) is 15.5. The van der Waals surface area contributed by atoms with E-state index in [1.807, 2.05) is 0 Å². The number of benzene rings is 1. The monoisotopic (exact) mass is 303 g/mol. The zero-order valence-corrected chi connectivity index (χ0v) is 10.6. The SMILES string of the molecule is Fc1cccc(F)c1CNCc1ccc(C(F)(F)F)nn1. The van der Waals surface area contributed by atoms with Crippen molar-refractivity contribution >= 4 is 0 Å². The molecular weight excluding hydrogens is 293 g/mol. The number of hydrogen-bond donors (Lipinski definition) is 1. The fraction of sp³-hybridized carbons (Fsp3) is 0.231. The highest BCUT2D eigenvalue weighted by molar-refractivity contribution is 5.19. The molecule has 0 aliphatic heterocycles. The molecule has 21 heavy (non-hydrogen) atoms. The molecule has 2 aromatic rings. The first kappa shape index (κ1) is 15.3. The van der Waals surface area contributed by atoms with E-state index in [-0.39, 0.29) is 24.3 Å². The van der Waals surface area contributed by atoms with E-state index < -0.39 is 23.5 Å². The Kier molecular flexibility index (Phi) is 4.46. The quantitative estimate of drug-likeness (QED) is 0.882. The molecule has 0 saturated heterocycles. The molecule has 1 aromatic heterocycles. The first-order valence-corrected chi connectivity index (χ1v) is 5.91. The number of alkyl halides is 3. The number of nitrogens with one attached hydrogen (secondary N) is 1. The van der Waals surface area contributed by atoms with Gasteiger partial charge in [-0.2, -0.15) is 18.3 Å². The van der Waals surface area contributed by atoms with Crippen molar-refractivity contribution in [2.24, 2.45) is 0 Å². The minimum Gasteiger partial charge on any atom is -0.307 e. The van der Waals surface area contributed by atoms with Crippen molar-refractivity contribution in [1.82, 2.24) is 15.5 Å². The Morgan fingerprint density at radius 2 is 1.57 bits per heavy atom. The maximum absolute atomic E-state index is 13.3. The van der Waals surface area contributed by atoms with E-state index >= 15 is 0 Å². The fourth-order valence-corrected chi connectivity index (χ4v) is 1.62. The zero-order valence-electron chi connectivity index (χ0n) is 10.6. The first-order valence-electron chi connectivity index (χ1n) is 5.91. The van der Waals surface area contributed by atoms with Gasteiger partial charge in [0, 0.05) is 18.7 Å². The smallest absolute Gasteiger partial charge is 0.307 e. The highest BCUT2D eigenvalue weighted by atomic mass is 19.4. The maximum Gasteiger partial charge on any atom is 0.435 e. The molecule has 8 heteroatoms. The molecule has 0 unspecified atom stereocenters. The molecule has 2 rings (SSSR count). The van der Waals surface area contributed by atoms with Crippen molar-refractivity contribution in [3.8, 4) is 0 Å². The van der Waals surface area contributed by atoms with Gasteiger partial charge >= 0.3 is 6.18 Å². The van der Waals surface area contributed by atoms with E-state index in [9.17, 15) is 22.0 Å². The Morgan fingerprint density at radius 1 is 0.905 bits per heavy atom. The summed E-state index contributed by atoms with van der Waals surface area (Å²) in [5.41, 5.74) is -0.997. The molecule has 3 nitrogen and oxygen atoms in total. The third-order valence-electron chi connectivity index (χ3n) is 2.68. The standard InChI is InChI=1S/C13H10F5N3/c14-10-2-1-3-11(15)9(10)7-19-6-8-4-5-12(21-20-8)13(16,17)18/h1-5,19H,6-7H2. The van der Waals surface area contributed by atoms with E-state index in [4.69, 9.17) is 0 Å². The number of nitrogens with zero attached hydrogens (tertiary/aromatic N) is 2. The van der Waals surface area contributed by atoms with E-state index in [0.29, 0.717) is 0 Å². The summed E-state index contributed by atoms with van der Waals surface area (Å²) in [4.78, 5) is 0. The maximum atomic E-state index is 13.3. The Hall–Kier alpha value is -2.09. The van der Waals surface area contributed by atoms with Crippen LogP contribution >= 0.6 is 0 Å². The number of rotatable bonds is 4. The van der Waals surface area contributed by atoms with Crippen molar-refractivity contribution in [2.45, 2.75) is 19.3 Å². The van der Waals surface area contributed by atoms with Crippen LogP contribution in [0.4, 0.5) is 22.0 Å². The van der Waals surface area contributed by atoms with Crippen molar-refractivity contribution in [3.05, 3.63) is 58.9 Å². The number of aromatic nitrogens is 2. The molecule has 0 amide bonds. The van der Waals surface area contributed by atoms with Gasteiger partial charge in [0.2, 0.25) is 0 Å². The van der Waals surface area contributed by atoms with Crippen molar-refractivity contribution < 1.29 is 22.0 Å². The first-order chi connectivity index (χ1) is 9.88. The normalized spacial score (nSPS) is 11.7. The lowest BCUT2D eigenvalue weighted by atomic mass is 10.2. The van der Waals surface area contributed by atoms with Crippen LogP contribution in [0.3, 0.4) is 0 Å². The van der Waals surface area contributed by atoms with Crippen LogP contribution in [0, 0.1) is 11.6 Å². The van der Waals surface area contributed by atoms with Gasteiger partial charge < -0.3 is 5.32 Å². The molecule has 1 aromatic carbocycles. The highest BCUT2D eigenvalue weighted by Crippen LogP contribution is 2.26. The van der Waals surface area contributed by atoms with E-state index in [2.05, 4.69) is 15.5 Å². The molecule has 0 aliphatic carbocycles. The summed E-state index contributed by atoms with van der Waals surface area (Å²) in [6, 6.07) is 5.44. The minimum absolute atomic E-state index is 0.0406. The largest absolute Gasteiger partial charge is 0.435 e. The minimum atomic E-state index is -4.55. The summed E-state index contributed by atoms with van der Waals surface area (Å²) in [5.74, 6) is -1.39. The molecule has 0 atom stereocenters. The topological polar surface area (TPSA) is 37.8 Å². The molecule has 1 N–H and O–H groups in total. The molecule has 0 radical (unpaired) electrons. The molecule has 0 bridgehead atoms. The number of halogens is 5. The molecule has 112 valence electrons. The summed E-state index contributed by atoms with van der Waals surface area (Å²) in [5, 5.41) is 9.14. The van der Waals surface area contributed by atoms with Gasteiger partial charge in [0.05, 0.1) is 5.69 Å². The second-order valence-electron chi connectivity index (χ2n) is 4.21. The van der Waals surface area contributed by atoms with Gasteiger partial charge in [-0.15, -0.1) is 5.10 Å². The van der Waals surface area contributed by atoms with Gasteiger partial charge in [0.15, 0.2) is 5.69 Å². The molecular formula is C13H10F5N3. The predicted molar refractivity (Wildman–Crippen MR) is 63.9 cm³/mol. The van der Waals surface area contributed by atoms with Gasteiger partial charge in [-0.1, -0.05) is 6.07 Å². The Morgan fingerprint density at radius 3 is 2.10 bits per heavy atom. The van der Waals surface area contributed by atoms with Gasteiger partial charge in [-0.3, -0.25) is 0 Å². The Balaban J connectivity index is 1.95. The van der Waals surface area contributed by atoms with Gasteiger partial charge in [0.25, 0.3) is 0 Å². The van der Waals surface area contributed by atoms with Crippen molar-refractivity contribution in [1.29, 1.82) is 0 Å². The summed E-state index contributed by atoms with van der Waals surface area (Å²) in [7, 11) is 0.